The molecular formula is C17H27N3O2. The van der Waals surface area contributed by atoms with Crippen LogP contribution in [-0.2, 0) is 0 Å². The number of hydrogen-bond acceptors (Lipinski definition) is 3. The third-order valence-electron chi connectivity index (χ3n) is 5.09. The highest BCUT2D eigenvalue weighted by Crippen LogP contribution is 2.29. The number of nitrogens with one attached hydrogen (secondary N) is 2. The van der Waals surface area contributed by atoms with Crippen LogP contribution in [0.4, 0.5) is 0 Å². The summed E-state index contributed by atoms with van der Waals surface area (Å²) in [6, 6.07) is 2.04. The summed E-state index contributed by atoms with van der Waals surface area (Å²) in [6.07, 6.45) is 10.9. The van der Waals surface area contributed by atoms with Crippen molar-refractivity contribution in [2.75, 3.05) is 19.6 Å². The summed E-state index contributed by atoms with van der Waals surface area (Å²) in [5.74, 6) is 0.00519. The van der Waals surface area contributed by atoms with Crippen LogP contribution < -0.4 is 5.32 Å². The standard InChI is InChI=1S/C17H27N3O2/c21-16(14-4-9-18-12-14)19-15-5-10-20(11-6-15)13-17(22)7-2-1-3-8-17/h4,9,12,15,18,22H,1-3,5-8,10-11,13H2,(H,19,21). The SMILES string of the molecule is O=C(NC1CCN(CC2(O)CCCCC2)CC1)c1cc[nH]c1. The fraction of sp³-hybridized carbons (Fsp3) is 0.706. The van der Waals surface area contributed by atoms with E-state index in [1.807, 2.05) is 0 Å². The van der Waals surface area contributed by atoms with E-state index in [1.165, 1.54) is 6.42 Å². The molecule has 1 saturated carbocycles. The van der Waals surface area contributed by atoms with Crippen LogP contribution in [-0.4, -0.2) is 52.2 Å². The molecule has 22 heavy (non-hydrogen) atoms. The first kappa shape index (κ1) is 15.6. The number of carbonyl (C=O) groups excluding carboxylic acids is 1. The van der Waals surface area contributed by atoms with Crippen molar-refractivity contribution in [2.45, 2.75) is 56.6 Å². The average molecular weight is 305 g/mol. The summed E-state index contributed by atoms with van der Waals surface area (Å²) in [7, 11) is 0. The van der Waals surface area contributed by atoms with E-state index in [9.17, 15) is 9.90 Å². The zero-order valence-electron chi connectivity index (χ0n) is 13.2. The van der Waals surface area contributed by atoms with Gasteiger partial charge in [0.05, 0.1) is 11.2 Å². The molecule has 0 aromatic carbocycles. The molecule has 1 aromatic rings. The Hall–Kier alpha value is -1.33. The minimum atomic E-state index is -0.473. The monoisotopic (exact) mass is 305 g/mol. The number of H-pyrrole nitrogens is 1. The summed E-state index contributed by atoms with van der Waals surface area (Å²) in [5.41, 5.74) is 0.221. The molecule has 5 nitrogen and oxygen atoms in total. The lowest BCUT2D eigenvalue weighted by Crippen LogP contribution is -2.50. The Labute approximate surface area is 132 Å². The normalized spacial score (nSPS) is 23.3. The fourth-order valence-corrected chi connectivity index (χ4v) is 3.75. The van der Waals surface area contributed by atoms with Crippen LogP contribution in [0.2, 0.25) is 0 Å². The third-order valence-corrected chi connectivity index (χ3v) is 5.09. The van der Waals surface area contributed by atoms with E-state index in [0.717, 1.165) is 58.2 Å². The fourth-order valence-electron chi connectivity index (χ4n) is 3.75. The smallest absolute Gasteiger partial charge is 0.253 e. The molecule has 2 fully saturated rings. The number of likely N-dealkylation sites (tertiary alicyclic amines) is 1. The van der Waals surface area contributed by atoms with Gasteiger partial charge in [0, 0.05) is 38.1 Å². The van der Waals surface area contributed by atoms with Crippen LogP contribution in [0, 0.1) is 0 Å². The maximum atomic E-state index is 12.0. The quantitative estimate of drug-likeness (QED) is 0.796. The van der Waals surface area contributed by atoms with Crippen LogP contribution >= 0.6 is 0 Å². The topological polar surface area (TPSA) is 68.4 Å². The number of β-amino-alcohol motifs (C(OH)–C–C–N with tert-alkyl or cyclic N) is 1. The first-order chi connectivity index (χ1) is 10.6. The van der Waals surface area contributed by atoms with Gasteiger partial charge in [-0.3, -0.25) is 4.79 Å². The van der Waals surface area contributed by atoms with E-state index in [0.29, 0.717) is 5.56 Å². The molecule has 1 aliphatic heterocycles. The Morgan fingerprint density at radius 1 is 1.32 bits per heavy atom. The van der Waals surface area contributed by atoms with Gasteiger partial charge in [0.15, 0.2) is 0 Å². The summed E-state index contributed by atoms with van der Waals surface area (Å²) in [5, 5.41) is 13.8. The molecule has 0 radical (unpaired) electrons. The highest BCUT2D eigenvalue weighted by Gasteiger charge is 2.32. The van der Waals surface area contributed by atoms with Gasteiger partial charge >= 0.3 is 0 Å². The molecule has 2 heterocycles. The predicted octanol–water partition coefficient (Wildman–Crippen LogP) is 1.90. The second kappa shape index (κ2) is 6.84. The first-order valence-corrected chi connectivity index (χ1v) is 8.53. The van der Waals surface area contributed by atoms with Gasteiger partial charge in [-0.1, -0.05) is 19.3 Å². The van der Waals surface area contributed by atoms with Crippen LogP contribution in [0.15, 0.2) is 18.5 Å². The second-order valence-electron chi connectivity index (χ2n) is 6.91. The lowest BCUT2D eigenvalue weighted by Gasteiger charge is -2.40. The average Bonchev–Trinajstić information content (AvgIpc) is 3.04. The van der Waals surface area contributed by atoms with Crippen LogP contribution in [0.3, 0.4) is 0 Å². The molecule has 0 spiro atoms. The van der Waals surface area contributed by atoms with E-state index in [1.54, 1.807) is 18.5 Å². The molecule has 1 aliphatic carbocycles. The number of nitrogens with zero attached hydrogens (tertiary/aromatic N) is 1. The van der Waals surface area contributed by atoms with Gasteiger partial charge < -0.3 is 20.3 Å². The van der Waals surface area contributed by atoms with Gasteiger partial charge in [-0.25, -0.2) is 0 Å². The first-order valence-electron chi connectivity index (χ1n) is 8.53. The van der Waals surface area contributed by atoms with E-state index in [4.69, 9.17) is 0 Å². The number of aliphatic hydroxyl groups is 1. The Bertz CT molecular complexity index is 472. The summed E-state index contributed by atoms with van der Waals surface area (Å²) >= 11 is 0. The number of aromatic nitrogens is 1. The number of amides is 1. The van der Waals surface area contributed by atoms with Crippen LogP contribution in [0.5, 0.6) is 0 Å². The molecule has 1 saturated heterocycles. The maximum absolute atomic E-state index is 12.0. The number of carbonyl (C=O) groups is 1. The third kappa shape index (κ3) is 3.90. The molecule has 0 unspecified atom stereocenters. The molecule has 1 aromatic heterocycles. The minimum Gasteiger partial charge on any atom is -0.389 e. The van der Waals surface area contributed by atoms with Crippen molar-refractivity contribution >= 4 is 5.91 Å². The van der Waals surface area contributed by atoms with Gasteiger partial charge in [0.1, 0.15) is 0 Å². The van der Waals surface area contributed by atoms with Crippen molar-refractivity contribution in [1.29, 1.82) is 0 Å². The molecule has 1 amide bonds. The molecule has 122 valence electrons. The number of piperidine rings is 1. The molecule has 0 bridgehead atoms. The van der Waals surface area contributed by atoms with Crippen molar-refractivity contribution in [3.63, 3.8) is 0 Å². The summed E-state index contributed by atoms with van der Waals surface area (Å²) in [4.78, 5) is 17.3. The van der Waals surface area contributed by atoms with Crippen LogP contribution in [0.1, 0.15) is 55.3 Å². The number of aromatic amines is 1. The van der Waals surface area contributed by atoms with Crippen molar-refractivity contribution < 1.29 is 9.90 Å². The zero-order chi connectivity index (χ0) is 15.4. The minimum absolute atomic E-state index is 0.00519. The molecule has 2 aliphatic rings. The molecular weight excluding hydrogens is 278 g/mol. The van der Waals surface area contributed by atoms with E-state index >= 15 is 0 Å². The predicted molar refractivity (Wildman–Crippen MR) is 85.8 cm³/mol. The molecule has 3 N–H and O–H groups in total. The Balaban J connectivity index is 1.43. The highest BCUT2D eigenvalue weighted by atomic mass is 16.3. The van der Waals surface area contributed by atoms with Crippen molar-refractivity contribution in [1.82, 2.24) is 15.2 Å². The maximum Gasteiger partial charge on any atom is 0.253 e. The second-order valence-corrected chi connectivity index (χ2v) is 6.91. The van der Waals surface area contributed by atoms with Gasteiger partial charge in [-0.15, -0.1) is 0 Å². The Kier molecular flexibility index (Phi) is 4.84. The Morgan fingerprint density at radius 2 is 2.05 bits per heavy atom. The van der Waals surface area contributed by atoms with Crippen molar-refractivity contribution in [2.24, 2.45) is 0 Å². The largest absolute Gasteiger partial charge is 0.389 e. The van der Waals surface area contributed by atoms with Gasteiger partial charge in [-0.05, 0) is 31.7 Å². The van der Waals surface area contributed by atoms with Gasteiger partial charge in [0.25, 0.3) is 5.91 Å². The lowest BCUT2D eigenvalue weighted by molar-refractivity contribution is -0.0312. The molecule has 3 rings (SSSR count). The summed E-state index contributed by atoms with van der Waals surface area (Å²) < 4.78 is 0. The van der Waals surface area contributed by atoms with Gasteiger partial charge in [-0.2, -0.15) is 0 Å². The van der Waals surface area contributed by atoms with Crippen molar-refractivity contribution in [3.8, 4) is 0 Å². The van der Waals surface area contributed by atoms with E-state index < -0.39 is 5.60 Å². The number of hydrogen-bond donors (Lipinski definition) is 3. The lowest BCUT2D eigenvalue weighted by atomic mass is 9.84. The Morgan fingerprint density at radius 3 is 2.68 bits per heavy atom. The number of rotatable bonds is 4. The highest BCUT2D eigenvalue weighted by molar-refractivity contribution is 5.94. The van der Waals surface area contributed by atoms with Crippen molar-refractivity contribution in [3.05, 3.63) is 24.0 Å². The summed E-state index contributed by atoms with van der Waals surface area (Å²) in [6.45, 7) is 2.71. The zero-order valence-corrected chi connectivity index (χ0v) is 13.2. The molecule has 5 heteroatoms. The molecule has 0 atom stereocenters. The van der Waals surface area contributed by atoms with Gasteiger partial charge in [0.2, 0.25) is 0 Å². The van der Waals surface area contributed by atoms with E-state index in [2.05, 4.69) is 15.2 Å². The van der Waals surface area contributed by atoms with E-state index in [-0.39, 0.29) is 11.9 Å². The van der Waals surface area contributed by atoms with Crippen LogP contribution in [0.25, 0.3) is 0 Å².